The SMILES string of the molecule is CCOc1cc(F)c(CNc2ccccc2C(=[NH2+])c2nc3c(c(Nc4ccncn4)n2)CCC3)c(F)c1. The molecule has 4 N–H and O–H groups in total. The van der Waals surface area contributed by atoms with Crippen LogP contribution in [-0.4, -0.2) is 32.3 Å². The van der Waals surface area contributed by atoms with E-state index in [1.165, 1.54) is 18.5 Å². The van der Waals surface area contributed by atoms with Gasteiger partial charge >= 0.3 is 0 Å². The van der Waals surface area contributed by atoms with E-state index in [0.717, 1.165) is 30.5 Å². The molecule has 5 rings (SSSR count). The Morgan fingerprint density at radius 3 is 2.65 bits per heavy atom. The van der Waals surface area contributed by atoms with Crippen LogP contribution in [0.4, 0.5) is 26.1 Å². The molecule has 0 saturated heterocycles. The lowest BCUT2D eigenvalue weighted by molar-refractivity contribution is -0.112. The highest BCUT2D eigenvalue weighted by molar-refractivity contribution is 6.10. The van der Waals surface area contributed by atoms with Crippen molar-refractivity contribution in [3.05, 3.63) is 94.8 Å². The fraction of sp³-hybridized carbons (Fsp3) is 0.222. The summed E-state index contributed by atoms with van der Waals surface area (Å²) < 4.78 is 34.4. The van der Waals surface area contributed by atoms with Gasteiger partial charge in [0, 0.05) is 41.7 Å². The Bertz CT molecular complexity index is 1420. The summed E-state index contributed by atoms with van der Waals surface area (Å²) in [5.74, 6) is 0.418. The summed E-state index contributed by atoms with van der Waals surface area (Å²) in [4.78, 5) is 17.6. The Kier molecular flexibility index (Phi) is 6.98. The second-order valence-electron chi connectivity index (χ2n) is 8.51. The van der Waals surface area contributed by atoms with E-state index in [1.54, 1.807) is 25.3 Å². The zero-order valence-electron chi connectivity index (χ0n) is 20.3. The first-order valence-corrected chi connectivity index (χ1v) is 12.0. The Morgan fingerprint density at radius 2 is 1.89 bits per heavy atom. The Labute approximate surface area is 212 Å². The van der Waals surface area contributed by atoms with E-state index >= 15 is 0 Å². The number of aromatic nitrogens is 4. The van der Waals surface area contributed by atoms with Crippen molar-refractivity contribution in [3.63, 3.8) is 0 Å². The molecule has 8 nitrogen and oxygen atoms in total. The maximum Gasteiger partial charge on any atom is 0.251 e. The number of aryl methyl sites for hydroxylation is 1. The van der Waals surface area contributed by atoms with Crippen molar-refractivity contribution in [1.82, 2.24) is 19.9 Å². The third-order valence-electron chi connectivity index (χ3n) is 6.10. The van der Waals surface area contributed by atoms with Crippen molar-refractivity contribution in [1.29, 1.82) is 0 Å². The quantitative estimate of drug-likeness (QED) is 0.301. The fourth-order valence-electron chi connectivity index (χ4n) is 4.32. The molecule has 0 atom stereocenters. The number of nitrogens with one attached hydrogen (secondary N) is 2. The molecular formula is C27H26F2N7O+. The van der Waals surface area contributed by atoms with Crippen LogP contribution < -0.4 is 20.8 Å². The average Bonchev–Trinajstić information content (AvgIpc) is 3.38. The number of nitrogens with zero attached hydrogens (tertiary/aromatic N) is 4. The van der Waals surface area contributed by atoms with E-state index in [-0.39, 0.29) is 17.9 Å². The number of halogens is 2. The van der Waals surface area contributed by atoms with Crippen LogP contribution in [0.25, 0.3) is 0 Å². The molecule has 2 aromatic heterocycles. The number of fused-ring (bicyclic) bond motifs is 1. The molecule has 10 heteroatoms. The van der Waals surface area contributed by atoms with E-state index in [4.69, 9.17) is 20.1 Å². The van der Waals surface area contributed by atoms with Gasteiger partial charge < -0.3 is 15.4 Å². The van der Waals surface area contributed by atoms with Crippen molar-refractivity contribution in [3.8, 4) is 5.75 Å². The maximum absolute atomic E-state index is 14.6. The van der Waals surface area contributed by atoms with Gasteiger partial charge in [0.2, 0.25) is 5.82 Å². The molecule has 4 aromatic rings. The molecule has 2 aromatic carbocycles. The highest BCUT2D eigenvalue weighted by Crippen LogP contribution is 2.29. The lowest BCUT2D eigenvalue weighted by atomic mass is 10.1. The van der Waals surface area contributed by atoms with E-state index in [9.17, 15) is 8.78 Å². The summed E-state index contributed by atoms with van der Waals surface area (Å²) in [6.45, 7) is 1.99. The second kappa shape index (κ2) is 10.7. The summed E-state index contributed by atoms with van der Waals surface area (Å²) in [5.41, 5.74) is 3.46. The summed E-state index contributed by atoms with van der Waals surface area (Å²) >= 11 is 0. The molecule has 2 heterocycles. The molecule has 188 valence electrons. The van der Waals surface area contributed by atoms with Gasteiger partial charge in [-0.25, -0.2) is 28.7 Å². The van der Waals surface area contributed by atoms with Crippen molar-refractivity contribution in [2.45, 2.75) is 32.7 Å². The first-order chi connectivity index (χ1) is 18.0. The van der Waals surface area contributed by atoms with Gasteiger partial charge in [0.05, 0.1) is 17.9 Å². The van der Waals surface area contributed by atoms with Crippen LogP contribution in [0.3, 0.4) is 0 Å². The average molecular weight is 503 g/mol. The van der Waals surface area contributed by atoms with Crippen LogP contribution in [-0.2, 0) is 19.4 Å². The number of ether oxygens (including phenoxy) is 1. The zero-order chi connectivity index (χ0) is 25.8. The smallest absolute Gasteiger partial charge is 0.251 e. The number of hydrogen-bond donors (Lipinski definition) is 3. The minimum Gasteiger partial charge on any atom is -0.494 e. The zero-order valence-corrected chi connectivity index (χ0v) is 20.3. The highest BCUT2D eigenvalue weighted by Gasteiger charge is 2.25. The maximum atomic E-state index is 14.6. The topological polar surface area (TPSA) is 110 Å². The third kappa shape index (κ3) is 5.23. The van der Waals surface area contributed by atoms with Gasteiger partial charge in [0.25, 0.3) is 5.71 Å². The van der Waals surface area contributed by atoms with E-state index in [0.29, 0.717) is 41.0 Å². The molecule has 0 aliphatic heterocycles. The van der Waals surface area contributed by atoms with Gasteiger partial charge in [-0.1, -0.05) is 12.1 Å². The van der Waals surface area contributed by atoms with Gasteiger partial charge in [-0.05, 0) is 44.4 Å². The van der Waals surface area contributed by atoms with Crippen molar-refractivity contribution in [2.75, 3.05) is 17.2 Å². The minimum atomic E-state index is -0.687. The number of nitrogens with two attached hydrogens (primary N) is 1. The predicted molar refractivity (Wildman–Crippen MR) is 136 cm³/mol. The molecule has 0 spiro atoms. The highest BCUT2D eigenvalue weighted by atomic mass is 19.1. The van der Waals surface area contributed by atoms with Crippen LogP contribution in [0.2, 0.25) is 0 Å². The van der Waals surface area contributed by atoms with Gasteiger partial charge in [-0.15, -0.1) is 0 Å². The minimum absolute atomic E-state index is 0.0834. The van der Waals surface area contributed by atoms with Crippen LogP contribution in [0.15, 0.2) is 55.0 Å². The van der Waals surface area contributed by atoms with E-state index in [1.807, 2.05) is 18.2 Å². The molecular weight excluding hydrogens is 476 g/mol. The fourth-order valence-corrected chi connectivity index (χ4v) is 4.32. The molecule has 0 amide bonds. The molecule has 1 aliphatic rings. The standard InChI is InChI=1S/C27H25F2N7O/c1-2-37-16-12-20(28)19(21(29)13-16)14-32-22-8-4-3-6-17(22)25(30)27-34-23-9-5-7-18(23)26(36-27)35-24-10-11-31-15-33-24/h3-4,6,8,10-13,15,30,32H,2,5,7,9,14H2,1H3,(H,31,33,34,35,36)/p+1. The number of para-hydroxylation sites is 1. The predicted octanol–water partition coefficient (Wildman–Crippen LogP) is 3.38. The van der Waals surface area contributed by atoms with Crippen molar-refractivity contribution < 1.29 is 18.9 Å². The van der Waals surface area contributed by atoms with Crippen LogP contribution >= 0.6 is 0 Å². The molecule has 0 fully saturated rings. The van der Waals surface area contributed by atoms with Crippen molar-refractivity contribution in [2.24, 2.45) is 0 Å². The van der Waals surface area contributed by atoms with Crippen LogP contribution in [0.5, 0.6) is 5.75 Å². The summed E-state index contributed by atoms with van der Waals surface area (Å²) in [7, 11) is 0. The number of rotatable bonds is 9. The number of benzene rings is 2. The Balaban J connectivity index is 1.42. The number of anilines is 3. The lowest BCUT2D eigenvalue weighted by Crippen LogP contribution is -2.42. The molecule has 0 radical (unpaired) electrons. The lowest BCUT2D eigenvalue weighted by Gasteiger charge is -2.14. The van der Waals surface area contributed by atoms with Gasteiger partial charge in [-0.3, -0.25) is 5.41 Å². The summed E-state index contributed by atoms with van der Waals surface area (Å²) in [6, 6.07) is 11.4. The second-order valence-corrected chi connectivity index (χ2v) is 8.51. The van der Waals surface area contributed by atoms with Gasteiger partial charge in [0.15, 0.2) is 0 Å². The molecule has 1 aliphatic carbocycles. The first kappa shape index (κ1) is 24.2. The molecule has 37 heavy (non-hydrogen) atoms. The normalized spacial score (nSPS) is 12.2. The summed E-state index contributed by atoms with van der Waals surface area (Å²) in [6.07, 6.45) is 5.77. The van der Waals surface area contributed by atoms with Crippen LogP contribution in [0, 0.1) is 11.6 Å². The van der Waals surface area contributed by atoms with Crippen LogP contribution in [0.1, 0.15) is 41.6 Å². The Hall–Kier alpha value is -4.47. The van der Waals surface area contributed by atoms with Gasteiger partial charge in [-0.2, -0.15) is 0 Å². The van der Waals surface area contributed by atoms with Crippen molar-refractivity contribution >= 4 is 23.0 Å². The molecule has 0 bridgehead atoms. The largest absolute Gasteiger partial charge is 0.494 e. The third-order valence-corrected chi connectivity index (χ3v) is 6.10. The van der Waals surface area contributed by atoms with Gasteiger partial charge in [0.1, 0.15) is 35.3 Å². The van der Waals surface area contributed by atoms with E-state index < -0.39 is 11.6 Å². The Morgan fingerprint density at radius 1 is 1.08 bits per heavy atom. The number of hydrogen-bond acceptors (Lipinski definition) is 7. The van der Waals surface area contributed by atoms with E-state index in [2.05, 4.69) is 20.6 Å². The monoisotopic (exact) mass is 502 g/mol. The first-order valence-electron chi connectivity index (χ1n) is 12.0. The summed E-state index contributed by atoms with van der Waals surface area (Å²) in [5, 5.41) is 13.0. The molecule has 0 saturated carbocycles. The molecule has 0 unspecified atom stereocenters.